The van der Waals surface area contributed by atoms with Crippen molar-refractivity contribution in [2.45, 2.75) is 36.1 Å². The van der Waals surface area contributed by atoms with Gasteiger partial charge in [0.15, 0.2) is 5.82 Å². The van der Waals surface area contributed by atoms with Gasteiger partial charge in [-0.3, -0.25) is 5.10 Å². The van der Waals surface area contributed by atoms with Crippen molar-refractivity contribution in [1.82, 2.24) is 15.2 Å². The molecule has 15 heavy (non-hydrogen) atoms. The summed E-state index contributed by atoms with van der Waals surface area (Å²) in [5.41, 5.74) is 5.50. The molecular formula is C9H16N4S2. The van der Waals surface area contributed by atoms with Crippen molar-refractivity contribution >= 4 is 23.5 Å². The summed E-state index contributed by atoms with van der Waals surface area (Å²) < 4.78 is 0. The maximum absolute atomic E-state index is 5.50. The fraction of sp³-hybridized carbons (Fsp3) is 0.778. The van der Waals surface area contributed by atoms with Gasteiger partial charge in [-0.1, -0.05) is 13.8 Å². The van der Waals surface area contributed by atoms with Gasteiger partial charge in [0.1, 0.15) is 5.82 Å². The van der Waals surface area contributed by atoms with Gasteiger partial charge in [-0.2, -0.15) is 16.9 Å². The minimum atomic E-state index is 0.415. The van der Waals surface area contributed by atoms with E-state index in [-0.39, 0.29) is 0 Å². The van der Waals surface area contributed by atoms with Crippen LogP contribution < -0.4 is 5.73 Å². The molecular weight excluding hydrogens is 228 g/mol. The fourth-order valence-corrected chi connectivity index (χ4v) is 4.31. The van der Waals surface area contributed by atoms with Crippen molar-refractivity contribution in [2.24, 2.45) is 5.73 Å². The van der Waals surface area contributed by atoms with Gasteiger partial charge in [0.25, 0.3) is 0 Å². The Morgan fingerprint density at radius 2 is 2.27 bits per heavy atom. The lowest BCUT2D eigenvalue weighted by Gasteiger charge is -2.29. The van der Waals surface area contributed by atoms with Crippen LogP contribution in [0.3, 0.4) is 0 Å². The Morgan fingerprint density at radius 3 is 2.87 bits per heavy atom. The third-order valence-corrected chi connectivity index (χ3v) is 5.97. The summed E-state index contributed by atoms with van der Waals surface area (Å²) >= 11 is 3.96. The van der Waals surface area contributed by atoms with E-state index in [1.165, 1.54) is 0 Å². The van der Waals surface area contributed by atoms with Crippen LogP contribution in [0, 0.1) is 0 Å². The van der Waals surface area contributed by atoms with Crippen LogP contribution in [0.4, 0.5) is 0 Å². The molecule has 1 aliphatic rings. The highest BCUT2D eigenvalue weighted by Gasteiger charge is 2.28. The van der Waals surface area contributed by atoms with Crippen molar-refractivity contribution in [2.75, 3.05) is 5.75 Å². The van der Waals surface area contributed by atoms with Crippen LogP contribution in [0.5, 0.6) is 0 Å². The maximum Gasteiger partial charge on any atom is 0.164 e. The van der Waals surface area contributed by atoms with Crippen molar-refractivity contribution in [1.29, 1.82) is 0 Å². The number of hydrogen-bond acceptors (Lipinski definition) is 5. The van der Waals surface area contributed by atoms with Gasteiger partial charge >= 0.3 is 0 Å². The molecule has 1 aliphatic heterocycles. The molecule has 1 saturated heterocycles. The van der Waals surface area contributed by atoms with Crippen LogP contribution in [-0.2, 0) is 6.54 Å². The van der Waals surface area contributed by atoms with E-state index in [1.54, 1.807) is 0 Å². The number of hydrogen-bond donors (Lipinski definition) is 2. The number of nitrogens with one attached hydrogen (secondary N) is 1. The number of thioether (sulfide) groups is 2. The molecule has 6 heteroatoms. The Hall–Kier alpha value is -0.200. The Morgan fingerprint density at radius 1 is 1.47 bits per heavy atom. The zero-order valence-electron chi connectivity index (χ0n) is 8.93. The highest BCUT2D eigenvalue weighted by atomic mass is 32.2. The molecule has 0 bridgehead atoms. The SMILES string of the molecule is CC1SCC(c2n[nH]c(CN)n2)SC1C. The number of aromatic amines is 1. The zero-order chi connectivity index (χ0) is 10.8. The monoisotopic (exact) mass is 244 g/mol. The Kier molecular flexibility index (Phi) is 3.58. The lowest BCUT2D eigenvalue weighted by molar-refractivity contribution is 0.863. The summed E-state index contributed by atoms with van der Waals surface area (Å²) in [6.07, 6.45) is 0. The first-order chi connectivity index (χ1) is 7.20. The lowest BCUT2D eigenvalue weighted by Crippen LogP contribution is -2.22. The van der Waals surface area contributed by atoms with E-state index in [4.69, 9.17) is 5.73 Å². The van der Waals surface area contributed by atoms with Crippen molar-refractivity contribution in [3.8, 4) is 0 Å². The van der Waals surface area contributed by atoms with Crippen LogP contribution in [-0.4, -0.2) is 31.4 Å². The molecule has 1 aromatic heterocycles. The van der Waals surface area contributed by atoms with E-state index in [2.05, 4.69) is 29.0 Å². The van der Waals surface area contributed by atoms with Gasteiger partial charge < -0.3 is 5.73 Å². The molecule has 0 amide bonds. The molecule has 2 rings (SSSR count). The van der Waals surface area contributed by atoms with E-state index in [0.717, 1.165) is 22.7 Å². The standard InChI is InChI=1S/C9H16N4S2/c1-5-6(2)15-7(4-14-5)9-11-8(3-10)12-13-9/h5-7H,3-4,10H2,1-2H3,(H,11,12,13). The average molecular weight is 244 g/mol. The van der Waals surface area contributed by atoms with Gasteiger partial charge in [-0.15, -0.1) is 11.8 Å². The first-order valence-corrected chi connectivity index (χ1v) is 7.08. The molecule has 1 aromatic rings. The third kappa shape index (κ3) is 2.49. The lowest BCUT2D eigenvalue weighted by atomic mass is 10.3. The summed E-state index contributed by atoms with van der Waals surface area (Å²) in [7, 11) is 0. The molecule has 4 nitrogen and oxygen atoms in total. The van der Waals surface area contributed by atoms with E-state index < -0.39 is 0 Å². The van der Waals surface area contributed by atoms with Crippen molar-refractivity contribution in [3.63, 3.8) is 0 Å². The molecule has 2 heterocycles. The third-order valence-electron chi connectivity index (χ3n) is 2.58. The molecule has 84 valence electrons. The predicted octanol–water partition coefficient (Wildman–Crippen LogP) is 1.56. The minimum absolute atomic E-state index is 0.415. The fourth-order valence-electron chi connectivity index (χ4n) is 1.46. The smallest absolute Gasteiger partial charge is 0.164 e. The van der Waals surface area contributed by atoms with Gasteiger partial charge in [-0.05, 0) is 0 Å². The quantitative estimate of drug-likeness (QED) is 0.826. The molecule has 0 saturated carbocycles. The highest BCUT2D eigenvalue weighted by Crippen LogP contribution is 2.42. The van der Waals surface area contributed by atoms with Crippen molar-refractivity contribution in [3.05, 3.63) is 11.6 Å². The summed E-state index contributed by atoms with van der Waals surface area (Å²) in [6.45, 7) is 4.98. The highest BCUT2D eigenvalue weighted by molar-refractivity contribution is 8.07. The molecule has 3 N–H and O–H groups in total. The summed E-state index contributed by atoms with van der Waals surface area (Å²) in [5, 5.41) is 8.89. The normalized spacial score (nSPS) is 31.8. The van der Waals surface area contributed by atoms with Gasteiger partial charge in [-0.25, -0.2) is 4.98 Å². The number of H-pyrrole nitrogens is 1. The number of rotatable bonds is 2. The first-order valence-electron chi connectivity index (χ1n) is 5.09. The van der Waals surface area contributed by atoms with Crippen LogP contribution in [0.1, 0.15) is 30.7 Å². The number of nitrogens with zero attached hydrogens (tertiary/aromatic N) is 2. The number of aromatic nitrogens is 3. The van der Waals surface area contributed by atoms with Crippen molar-refractivity contribution < 1.29 is 0 Å². The molecule has 0 aliphatic carbocycles. The van der Waals surface area contributed by atoms with Gasteiger partial charge in [0, 0.05) is 16.3 Å². The van der Waals surface area contributed by atoms with Crippen LogP contribution >= 0.6 is 23.5 Å². The largest absolute Gasteiger partial charge is 0.324 e. The van der Waals surface area contributed by atoms with Gasteiger partial charge in [0.2, 0.25) is 0 Å². The molecule has 1 fully saturated rings. The first kappa shape index (κ1) is 11.3. The van der Waals surface area contributed by atoms with Crippen LogP contribution in [0.15, 0.2) is 0 Å². The second-order valence-corrected chi connectivity index (χ2v) is 6.71. The molecule has 0 aromatic carbocycles. The molecule has 0 spiro atoms. The second-order valence-electron chi connectivity index (χ2n) is 3.71. The van der Waals surface area contributed by atoms with Crippen LogP contribution in [0.2, 0.25) is 0 Å². The van der Waals surface area contributed by atoms with E-state index >= 15 is 0 Å². The molecule has 0 radical (unpaired) electrons. The van der Waals surface area contributed by atoms with E-state index in [0.29, 0.717) is 17.0 Å². The molecule has 3 unspecified atom stereocenters. The molecule has 3 atom stereocenters. The Balaban J connectivity index is 2.05. The summed E-state index contributed by atoms with van der Waals surface area (Å²) in [6, 6.07) is 0. The maximum atomic E-state index is 5.50. The van der Waals surface area contributed by atoms with Gasteiger partial charge in [0.05, 0.1) is 11.8 Å². The number of nitrogens with two attached hydrogens (primary N) is 1. The Labute approximate surface area is 98.2 Å². The minimum Gasteiger partial charge on any atom is -0.324 e. The van der Waals surface area contributed by atoms with E-state index in [9.17, 15) is 0 Å². The second kappa shape index (κ2) is 4.76. The predicted molar refractivity (Wildman–Crippen MR) is 66.0 cm³/mol. The topological polar surface area (TPSA) is 67.6 Å². The van der Waals surface area contributed by atoms with E-state index in [1.807, 2.05) is 23.5 Å². The average Bonchev–Trinajstić information content (AvgIpc) is 2.70. The summed E-state index contributed by atoms with van der Waals surface area (Å²) in [4.78, 5) is 4.39. The summed E-state index contributed by atoms with van der Waals surface area (Å²) in [5.74, 6) is 2.78. The zero-order valence-corrected chi connectivity index (χ0v) is 10.6. The van der Waals surface area contributed by atoms with Crippen LogP contribution in [0.25, 0.3) is 0 Å². The Bertz CT molecular complexity index is 328.